The van der Waals surface area contributed by atoms with Gasteiger partial charge in [-0.1, -0.05) is 18.2 Å². The SMILES string of the molecule is Cc1c(-c2cc3ccc(C4CC4)cc3n2CC2CC2)oc2cc(C(=O)N3CC4CCC3[C@@H]4N)ccc12. The first kappa shape index (κ1) is 21.1. The van der Waals surface area contributed by atoms with Crippen molar-refractivity contribution < 1.29 is 9.21 Å². The number of carbonyl (C=O) groups excluding carboxylic acids is 1. The number of aromatic nitrogens is 1. The van der Waals surface area contributed by atoms with Crippen LogP contribution in [-0.4, -0.2) is 34.0 Å². The van der Waals surface area contributed by atoms with E-state index in [2.05, 4.69) is 41.8 Å². The number of amides is 1. The van der Waals surface area contributed by atoms with Gasteiger partial charge in [-0.2, -0.15) is 0 Å². The number of hydrogen-bond acceptors (Lipinski definition) is 3. The number of nitrogens with two attached hydrogens (primary N) is 1. The zero-order valence-electron chi connectivity index (χ0n) is 20.9. The number of furan rings is 1. The Morgan fingerprint density at radius 1 is 1.03 bits per heavy atom. The molecule has 3 atom stereocenters. The van der Waals surface area contributed by atoms with Gasteiger partial charge in [0.25, 0.3) is 5.91 Å². The molecule has 0 spiro atoms. The van der Waals surface area contributed by atoms with Crippen LogP contribution in [0.2, 0.25) is 0 Å². The number of carbonyl (C=O) groups is 1. The molecule has 4 aliphatic rings. The number of fused-ring (bicyclic) bond motifs is 4. The van der Waals surface area contributed by atoms with Gasteiger partial charge in [-0.15, -0.1) is 0 Å². The van der Waals surface area contributed by atoms with Gasteiger partial charge >= 0.3 is 0 Å². The molecular formula is C31H33N3O2. The third kappa shape index (κ3) is 3.15. The van der Waals surface area contributed by atoms with Crippen LogP contribution in [0.1, 0.15) is 65.9 Å². The maximum atomic E-state index is 13.4. The van der Waals surface area contributed by atoms with Gasteiger partial charge < -0.3 is 19.6 Å². The Balaban J connectivity index is 1.20. The van der Waals surface area contributed by atoms with Crippen LogP contribution in [-0.2, 0) is 6.54 Å². The van der Waals surface area contributed by atoms with Crippen LogP contribution >= 0.6 is 0 Å². The first-order valence-electron chi connectivity index (χ1n) is 13.8. The molecule has 3 saturated carbocycles. The van der Waals surface area contributed by atoms with Crippen molar-refractivity contribution in [2.75, 3.05) is 6.54 Å². The van der Waals surface area contributed by atoms with Crippen molar-refractivity contribution >= 4 is 27.8 Å². The molecule has 3 heterocycles. The average Bonchev–Trinajstić information content (AvgIpc) is 3.80. The first-order chi connectivity index (χ1) is 17.5. The van der Waals surface area contributed by atoms with Gasteiger partial charge in [-0.25, -0.2) is 0 Å². The quantitative estimate of drug-likeness (QED) is 0.370. The number of nitrogens with zero attached hydrogens (tertiary/aromatic N) is 2. The molecule has 2 unspecified atom stereocenters. The van der Waals surface area contributed by atoms with Gasteiger partial charge in [0.2, 0.25) is 0 Å². The van der Waals surface area contributed by atoms with E-state index in [0.717, 1.165) is 65.8 Å². The third-order valence-electron chi connectivity index (χ3n) is 9.45. The molecule has 2 N–H and O–H groups in total. The van der Waals surface area contributed by atoms with Gasteiger partial charge in [0.15, 0.2) is 5.76 Å². The maximum Gasteiger partial charge on any atom is 0.254 e. The summed E-state index contributed by atoms with van der Waals surface area (Å²) in [6, 6.07) is 15.6. The summed E-state index contributed by atoms with van der Waals surface area (Å²) in [5.74, 6) is 2.98. The van der Waals surface area contributed by atoms with Gasteiger partial charge in [-0.05, 0) is 93.0 Å². The molecule has 184 valence electrons. The molecule has 8 rings (SSSR count). The number of rotatable bonds is 5. The fraction of sp³-hybridized carbons (Fsp3) is 0.452. The van der Waals surface area contributed by atoms with Crippen LogP contribution in [0.25, 0.3) is 33.3 Å². The van der Waals surface area contributed by atoms with Gasteiger partial charge in [0.1, 0.15) is 5.58 Å². The molecule has 2 aromatic carbocycles. The number of benzene rings is 2. The van der Waals surface area contributed by atoms with Crippen LogP contribution in [0.3, 0.4) is 0 Å². The topological polar surface area (TPSA) is 64.4 Å². The summed E-state index contributed by atoms with van der Waals surface area (Å²) in [4.78, 5) is 15.4. The van der Waals surface area contributed by atoms with Crippen molar-refractivity contribution in [3.8, 4) is 11.5 Å². The molecule has 1 saturated heterocycles. The molecular weight excluding hydrogens is 446 g/mol. The summed E-state index contributed by atoms with van der Waals surface area (Å²) in [6.45, 7) is 3.98. The molecule has 5 heteroatoms. The lowest BCUT2D eigenvalue weighted by Gasteiger charge is -2.27. The Hall–Kier alpha value is -3.05. The standard InChI is InChI=1S/C31H33N3O2/c1-17-24-10-8-22(31(35)34-16-23-9-11-25(34)29(23)32)14-28(24)36-30(17)27-13-21-7-6-20(19-4-5-19)12-26(21)33(27)15-18-2-3-18/h6-8,10,12-14,18-19,23,25,29H,2-5,9,11,15-16,32H2,1H3/t23?,25?,29-/m1/s1. The second-order valence-electron chi connectivity index (χ2n) is 11.9. The molecule has 1 aliphatic heterocycles. The molecule has 2 aromatic heterocycles. The summed E-state index contributed by atoms with van der Waals surface area (Å²) in [5.41, 5.74) is 13.0. The Kier molecular flexibility index (Phi) is 4.38. The van der Waals surface area contributed by atoms with E-state index in [1.54, 1.807) is 0 Å². The second kappa shape index (κ2) is 7.48. The summed E-state index contributed by atoms with van der Waals surface area (Å²) < 4.78 is 9.07. The van der Waals surface area contributed by atoms with Gasteiger partial charge in [-0.3, -0.25) is 4.79 Å². The molecule has 4 aromatic rings. The van der Waals surface area contributed by atoms with E-state index in [4.69, 9.17) is 10.2 Å². The highest BCUT2D eigenvalue weighted by molar-refractivity contribution is 6.00. The zero-order chi connectivity index (χ0) is 24.1. The summed E-state index contributed by atoms with van der Waals surface area (Å²) in [7, 11) is 0. The number of hydrogen-bond donors (Lipinski definition) is 1. The van der Waals surface area contributed by atoms with Gasteiger partial charge in [0.05, 0.1) is 5.69 Å². The Bertz CT molecular complexity index is 1540. The lowest BCUT2D eigenvalue weighted by molar-refractivity contribution is 0.0700. The predicted molar refractivity (Wildman–Crippen MR) is 142 cm³/mol. The van der Waals surface area contributed by atoms with E-state index >= 15 is 0 Å². The van der Waals surface area contributed by atoms with E-state index in [0.29, 0.717) is 11.5 Å². The molecule has 4 fully saturated rings. The molecule has 2 bridgehead atoms. The monoisotopic (exact) mass is 479 g/mol. The van der Waals surface area contributed by atoms with Crippen molar-refractivity contribution in [1.82, 2.24) is 9.47 Å². The Morgan fingerprint density at radius 2 is 1.89 bits per heavy atom. The van der Waals surface area contributed by atoms with E-state index in [9.17, 15) is 4.79 Å². The molecule has 36 heavy (non-hydrogen) atoms. The average molecular weight is 480 g/mol. The minimum Gasteiger partial charge on any atom is -0.454 e. The highest BCUT2D eigenvalue weighted by atomic mass is 16.3. The normalized spacial score (nSPS) is 25.5. The van der Waals surface area contributed by atoms with Crippen LogP contribution in [0, 0.1) is 18.8 Å². The minimum absolute atomic E-state index is 0.0885. The second-order valence-corrected chi connectivity index (χ2v) is 11.9. The molecule has 3 aliphatic carbocycles. The fourth-order valence-corrected chi connectivity index (χ4v) is 6.94. The fourth-order valence-electron chi connectivity index (χ4n) is 6.94. The summed E-state index contributed by atoms with van der Waals surface area (Å²) in [6.07, 6.45) is 7.43. The Labute approximate surface area is 211 Å². The highest BCUT2D eigenvalue weighted by Gasteiger charge is 2.46. The lowest BCUT2D eigenvalue weighted by Crippen LogP contribution is -2.41. The van der Waals surface area contributed by atoms with Crippen molar-refractivity contribution in [1.29, 1.82) is 0 Å². The van der Waals surface area contributed by atoms with Crippen LogP contribution < -0.4 is 5.73 Å². The van der Waals surface area contributed by atoms with E-state index in [1.165, 1.54) is 42.1 Å². The minimum atomic E-state index is 0.0885. The zero-order valence-corrected chi connectivity index (χ0v) is 20.9. The van der Waals surface area contributed by atoms with E-state index < -0.39 is 0 Å². The van der Waals surface area contributed by atoms with Crippen LogP contribution in [0.15, 0.2) is 46.9 Å². The lowest BCUT2D eigenvalue weighted by atomic mass is 10.1. The maximum absolute atomic E-state index is 13.4. The van der Waals surface area contributed by atoms with E-state index in [1.807, 2.05) is 17.0 Å². The highest BCUT2D eigenvalue weighted by Crippen LogP contribution is 2.44. The number of piperidine rings is 1. The predicted octanol–water partition coefficient (Wildman–Crippen LogP) is 6.21. The summed E-state index contributed by atoms with van der Waals surface area (Å²) >= 11 is 0. The van der Waals surface area contributed by atoms with Crippen molar-refractivity contribution in [2.45, 2.75) is 70.0 Å². The van der Waals surface area contributed by atoms with Gasteiger partial charge in [0, 0.05) is 52.6 Å². The molecule has 1 amide bonds. The number of aryl methyl sites for hydroxylation is 1. The summed E-state index contributed by atoms with van der Waals surface area (Å²) in [5, 5.41) is 2.37. The van der Waals surface area contributed by atoms with E-state index in [-0.39, 0.29) is 18.0 Å². The Morgan fingerprint density at radius 3 is 2.61 bits per heavy atom. The van der Waals surface area contributed by atoms with Crippen LogP contribution in [0.5, 0.6) is 0 Å². The first-order valence-corrected chi connectivity index (χ1v) is 13.8. The van der Waals surface area contributed by atoms with Crippen molar-refractivity contribution in [2.24, 2.45) is 17.6 Å². The molecule has 0 radical (unpaired) electrons. The third-order valence-corrected chi connectivity index (χ3v) is 9.45. The van der Waals surface area contributed by atoms with Crippen molar-refractivity contribution in [3.05, 3.63) is 59.2 Å². The smallest absolute Gasteiger partial charge is 0.254 e. The number of likely N-dealkylation sites (tertiary alicyclic amines) is 1. The largest absolute Gasteiger partial charge is 0.454 e. The molecule has 5 nitrogen and oxygen atoms in total. The van der Waals surface area contributed by atoms with Crippen LogP contribution in [0.4, 0.5) is 0 Å². The van der Waals surface area contributed by atoms with Crippen molar-refractivity contribution in [3.63, 3.8) is 0 Å².